The van der Waals surface area contributed by atoms with Gasteiger partial charge in [0.05, 0.1) is 22.4 Å². The van der Waals surface area contributed by atoms with E-state index >= 15 is 0 Å². The van der Waals surface area contributed by atoms with Crippen molar-refractivity contribution in [2.45, 2.75) is 86.5 Å². The first-order valence-electron chi connectivity index (χ1n) is 18.4. The quantitative estimate of drug-likeness (QED) is 0.136. The molecule has 0 aliphatic heterocycles. The highest BCUT2D eigenvalue weighted by Gasteiger charge is 2.20. The van der Waals surface area contributed by atoms with Gasteiger partial charge in [-0.05, 0) is 116 Å². The van der Waals surface area contributed by atoms with E-state index in [1.165, 1.54) is 52.3 Å². The third kappa shape index (κ3) is 7.08. The Kier molecular flexibility index (Phi) is 9.32. The number of ether oxygens (including phenoxy) is 1. The van der Waals surface area contributed by atoms with Crippen LogP contribution in [0.4, 0.5) is 0 Å². The molecule has 0 amide bonds. The predicted molar refractivity (Wildman–Crippen MR) is 213 cm³/mol. The monoisotopic (exact) mass is 674 g/mol. The lowest BCUT2D eigenvalue weighted by molar-refractivity contribution is 0.482. The molecule has 0 bridgehead atoms. The van der Waals surface area contributed by atoms with Gasteiger partial charge in [0.1, 0.15) is 17.3 Å². The number of rotatable bonds is 10. The molecule has 0 saturated heterocycles. The number of fused-ring (bicyclic) bond motifs is 3. The number of hydrogen-bond donors (Lipinski definition) is 0. The molecule has 0 unspecified atom stereocenters. The highest BCUT2D eigenvalue weighted by molar-refractivity contribution is 6.09. The lowest BCUT2D eigenvalue weighted by atomic mass is 9.88. The van der Waals surface area contributed by atoms with Crippen LogP contribution in [0, 0.1) is 26.7 Å². The summed E-state index contributed by atoms with van der Waals surface area (Å²) in [6.07, 6.45) is 6.77. The van der Waals surface area contributed by atoms with Gasteiger partial charge < -0.3 is 4.74 Å². The summed E-state index contributed by atoms with van der Waals surface area (Å²) >= 11 is 0. The molecule has 0 atom stereocenters. The Morgan fingerprint density at radius 2 is 1.55 bits per heavy atom. The van der Waals surface area contributed by atoms with Crippen molar-refractivity contribution in [1.29, 1.82) is 0 Å². The van der Waals surface area contributed by atoms with Crippen LogP contribution < -0.4 is 4.74 Å². The third-order valence-corrected chi connectivity index (χ3v) is 10.0. The van der Waals surface area contributed by atoms with Crippen molar-refractivity contribution in [3.63, 3.8) is 0 Å². The van der Waals surface area contributed by atoms with Crippen LogP contribution in [-0.2, 0) is 11.8 Å². The Hall–Kier alpha value is -5.16. The van der Waals surface area contributed by atoms with E-state index in [4.69, 9.17) is 14.8 Å². The zero-order chi connectivity index (χ0) is 35.9. The van der Waals surface area contributed by atoms with Crippen molar-refractivity contribution in [2.24, 2.45) is 5.92 Å². The minimum absolute atomic E-state index is 0.00405. The fourth-order valence-corrected chi connectivity index (χ4v) is 7.36. The van der Waals surface area contributed by atoms with Gasteiger partial charge in [-0.25, -0.2) is 9.67 Å². The zero-order valence-corrected chi connectivity index (χ0v) is 31.4. The molecule has 0 radical (unpaired) electrons. The number of pyridine rings is 1. The summed E-state index contributed by atoms with van der Waals surface area (Å²) in [4.78, 5) is 4.92. The van der Waals surface area contributed by atoms with Crippen LogP contribution in [0.2, 0.25) is 0 Å². The highest BCUT2D eigenvalue weighted by atomic mass is 16.5. The van der Waals surface area contributed by atoms with Gasteiger partial charge in [0.25, 0.3) is 0 Å². The Morgan fingerprint density at radius 1 is 0.745 bits per heavy atom. The topological polar surface area (TPSA) is 44.9 Å². The molecule has 0 fully saturated rings. The summed E-state index contributed by atoms with van der Waals surface area (Å²) in [6, 6.07) is 34.6. The third-order valence-electron chi connectivity index (χ3n) is 10.0. The summed E-state index contributed by atoms with van der Waals surface area (Å²) in [5, 5.41) is 7.42. The molecule has 0 saturated carbocycles. The molecule has 5 nitrogen and oxygen atoms in total. The van der Waals surface area contributed by atoms with Crippen LogP contribution in [0.3, 0.4) is 0 Å². The lowest BCUT2D eigenvalue weighted by Crippen LogP contribution is -2.12. The second-order valence-electron chi connectivity index (χ2n) is 15.6. The van der Waals surface area contributed by atoms with Crippen LogP contribution >= 0.6 is 0 Å². The van der Waals surface area contributed by atoms with E-state index in [9.17, 15) is 0 Å². The van der Waals surface area contributed by atoms with Gasteiger partial charge in [-0.2, -0.15) is 5.10 Å². The molecule has 7 rings (SSSR count). The molecule has 0 spiro atoms. The van der Waals surface area contributed by atoms with Gasteiger partial charge >= 0.3 is 0 Å². The summed E-state index contributed by atoms with van der Waals surface area (Å²) in [6.45, 7) is 17.7. The zero-order valence-electron chi connectivity index (χ0n) is 31.4. The fraction of sp³-hybridized carbons (Fsp3) is 0.304. The molecule has 0 aliphatic rings. The summed E-state index contributed by atoms with van der Waals surface area (Å²) in [7, 11) is 0. The van der Waals surface area contributed by atoms with Crippen LogP contribution in [0.15, 0.2) is 103 Å². The lowest BCUT2D eigenvalue weighted by Gasteiger charge is -2.20. The van der Waals surface area contributed by atoms with Crippen molar-refractivity contribution in [2.75, 3.05) is 0 Å². The van der Waals surface area contributed by atoms with Gasteiger partial charge in [-0.15, -0.1) is 0 Å². The summed E-state index contributed by atoms with van der Waals surface area (Å²) < 4.78 is 11.0. The van der Waals surface area contributed by atoms with Gasteiger partial charge in [0, 0.05) is 40.4 Å². The van der Waals surface area contributed by atoms with Crippen molar-refractivity contribution in [3.05, 3.63) is 131 Å². The molecule has 0 N–H and O–H groups in total. The van der Waals surface area contributed by atoms with Gasteiger partial charge in [0.15, 0.2) is 0 Å². The van der Waals surface area contributed by atoms with Crippen molar-refractivity contribution in [3.8, 4) is 34.1 Å². The van der Waals surface area contributed by atoms with E-state index in [-0.39, 0.29) is 5.41 Å². The van der Waals surface area contributed by atoms with Crippen molar-refractivity contribution < 1.29 is 4.74 Å². The predicted octanol–water partition coefficient (Wildman–Crippen LogP) is 12.4. The maximum atomic E-state index is 6.69. The number of benzene rings is 4. The van der Waals surface area contributed by atoms with E-state index in [1.807, 2.05) is 16.9 Å². The second-order valence-corrected chi connectivity index (χ2v) is 15.6. The van der Waals surface area contributed by atoms with Gasteiger partial charge in [-0.3, -0.25) is 4.57 Å². The minimum atomic E-state index is 0.00405. The van der Waals surface area contributed by atoms with Crippen molar-refractivity contribution >= 4 is 21.8 Å². The number of aryl methyl sites for hydroxylation is 3. The van der Waals surface area contributed by atoms with Crippen LogP contribution in [0.25, 0.3) is 44.4 Å². The second kappa shape index (κ2) is 13.9. The van der Waals surface area contributed by atoms with E-state index in [0.717, 1.165) is 63.3 Å². The molecule has 260 valence electrons. The molecular formula is C46H50N4O. The first kappa shape index (κ1) is 34.3. The largest absolute Gasteiger partial charge is 0.457 e. The van der Waals surface area contributed by atoms with E-state index in [2.05, 4.69) is 151 Å². The molecule has 5 heteroatoms. The number of aromatic nitrogens is 4. The van der Waals surface area contributed by atoms with Gasteiger partial charge in [0.2, 0.25) is 0 Å². The standard InChI is InChI=1S/C46H50N4O/c1-30(2)14-12-13-15-34-18-21-42-41(26-34)40-20-19-38(29-43(40)49(42)44-27-36(22-23-47-44)46(6,7)8)51-39-25-31(3)24-37(28-39)50-33(5)45(32(4)48-50)35-16-10-9-11-17-35/h9-11,16-30H,12-15H2,1-8H3. The average molecular weight is 675 g/mol. The fourth-order valence-electron chi connectivity index (χ4n) is 7.36. The van der Waals surface area contributed by atoms with E-state index in [1.54, 1.807) is 0 Å². The molecule has 51 heavy (non-hydrogen) atoms. The van der Waals surface area contributed by atoms with E-state index < -0.39 is 0 Å². The molecule has 7 aromatic rings. The van der Waals surface area contributed by atoms with Crippen LogP contribution in [0.5, 0.6) is 11.5 Å². The van der Waals surface area contributed by atoms with Gasteiger partial charge in [-0.1, -0.05) is 83.9 Å². The Balaban J connectivity index is 1.29. The Bertz CT molecular complexity index is 2340. The maximum Gasteiger partial charge on any atom is 0.137 e. The Labute approximate surface area is 302 Å². The molecule has 3 heterocycles. The first-order valence-corrected chi connectivity index (χ1v) is 18.4. The number of hydrogen-bond acceptors (Lipinski definition) is 3. The molecule has 0 aliphatic carbocycles. The average Bonchev–Trinajstić information content (AvgIpc) is 3.58. The van der Waals surface area contributed by atoms with Crippen LogP contribution in [0.1, 0.15) is 82.0 Å². The number of nitrogens with zero attached hydrogens (tertiary/aromatic N) is 4. The normalized spacial score (nSPS) is 12.0. The number of unbranched alkanes of at least 4 members (excludes halogenated alkanes) is 1. The van der Waals surface area contributed by atoms with E-state index in [0.29, 0.717) is 0 Å². The van der Waals surface area contributed by atoms with Crippen LogP contribution in [-0.4, -0.2) is 19.3 Å². The molecule has 3 aromatic heterocycles. The SMILES string of the molecule is Cc1cc(Oc2ccc3c4cc(CCCCC(C)C)ccc4n(-c4cc(C(C)(C)C)ccn4)c3c2)cc(-n2nc(C)c(-c3ccccc3)c2C)c1. The van der Waals surface area contributed by atoms with Crippen molar-refractivity contribution in [1.82, 2.24) is 19.3 Å². The maximum absolute atomic E-state index is 6.69. The highest BCUT2D eigenvalue weighted by Crippen LogP contribution is 2.37. The Morgan fingerprint density at radius 3 is 2.31 bits per heavy atom. The summed E-state index contributed by atoms with van der Waals surface area (Å²) in [5.74, 6) is 3.22. The smallest absolute Gasteiger partial charge is 0.137 e. The first-order chi connectivity index (χ1) is 24.5. The minimum Gasteiger partial charge on any atom is -0.457 e. The molecular weight excluding hydrogens is 625 g/mol. The molecule has 4 aromatic carbocycles. The summed E-state index contributed by atoms with van der Waals surface area (Å²) in [5.41, 5.74) is 11.4.